The van der Waals surface area contributed by atoms with Crippen molar-refractivity contribution >= 4 is 12.1 Å². The Balaban J connectivity index is 0.000000424. The lowest BCUT2D eigenvalue weighted by Gasteiger charge is -1.90. The van der Waals surface area contributed by atoms with E-state index in [2.05, 4.69) is 5.73 Å². The maximum Gasteiger partial charge on any atom is 0.269 e. The predicted molar refractivity (Wildman–Crippen MR) is 48.1 cm³/mol. The third-order valence-corrected chi connectivity index (χ3v) is 1.24. The van der Waals surface area contributed by atoms with Gasteiger partial charge in [-0.05, 0) is 6.92 Å². The molecule has 0 spiro atoms. The number of hydrogen-bond acceptors (Lipinski definition) is 3. The van der Waals surface area contributed by atoms with Gasteiger partial charge in [-0.3, -0.25) is 14.9 Å². The Morgan fingerprint density at radius 3 is 2.08 bits per heavy atom. The Kier molecular flexibility index (Phi) is 4.87. The summed E-state index contributed by atoms with van der Waals surface area (Å²) in [7, 11) is 0. The number of benzene rings is 1. The topological polar surface area (TPSA) is 86.2 Å². The van der Waals surface area contributed by atoms with Gasteiger partial charge in [0.05, 0.1) is 4.92 Å². The second-order valence-electron chi connectivity index (χ2n) is 2.23. The molecule has 0 aliphatic heterocycles. The Hall–Kier alpha value is -1.91. The number of nitrogens with two attached hydrogens (primary N) is 1. The predicted octanol–water partition coefficient (Wildman–Crippen LogP) is 1.00. The molecule has 1 amide bonds. The van der Waals surface area contributed by atoms with Crippen molar-refractivity contribution in [1.29, 1.82) is 0 Å². The third-order valence-electron chi connectivity index (χ3n) is 1.24. The SMILES string of the molecule is Cc1ccc([N+](=O)[O-])cc1.NC=O. The van der Waals surface area contributed by atoms with E-state index in [1.165, 1.54) is 12.1 Å². The molecule has 0 unspecified atom stereocenters. The Morgan fingerprint density at radius 1 is 1.38 bits per heavy atom. The van der Waals surface area contributed by atoms with E-state index in [0.717, 1.165) is 5.56 Å². The van der Waals surface area contributed by atoms with Crippen LogP contribution in [0.25, 0.3) is 0 Å². The van der Waals surface area contributed by atoms with E-state index in [1.54, 1.807) is 12.1 Å². The number of rotatable bonds is 1. The summed E-state index contributed by atoms with van der Waals surface area (Å²) in [6.07, 6.45) is 0.250. The summed E-state index contributed by atoms with van der Waals surface area (Å²) in [6.45, 7) is 1.89. The van der Waals surface area contributed by atoms with Gasteiger partial charge in [-0.1, -0.05) is 17.7 Å². The zero-order valence-corrected chi connectivity index (χ0v) is 7.14. The van der Waals surface area contributed by atoms with Crippen molar-refractivity contribution in [2.24, 2.45) is 5.73 Å². The molecule has 0 saturated heterocycles. The first-order chi connectivity index (χ1) is 6.11. The first-order valence-corrected chi connectivity index (χ1v) is 3.48. The molecule has 0 aliphatic carbocycles. The summed E-state index contributed by atoms with van der Waals surface area (Å²) in [5, 5.41) is 10.1. The lowest BCUT2D eigenvalue weighted by atomic mass is 10.2. The number of non-ortho nitro benzene ring substituents is 1. The van der Waals surface area contributed by atoms with Gasteiger partial charge in [-0.15, -0.1) is 0 Å². The van der Waals surface area contributed by atoms with Crippen LogP contribution in [-0.2, 0) is 4.79 Å². The van der Waals surface area contributed by atoms with Crippen LogP contribution in [0.4, 0.5) is 5.69 Å². The molecular formula is C8H10N2O3. The van der Waals surface area contributed by atoms with Crippen molar-refractivity contribution in [1.82, 2.24) is 0 Å². The van der Waals surface area contributed by atoms with Gasteiger partial charge in [0.2, 0.25) is 6.41 Å². The number of carbonyl (C=O) groups is 1. The van der Waals surface area contributed by atoms with Crippen LogP contribution in [-0.4, -0.2) is 11.3 Å². The Labute approximate surface area is 75.3 Å². The molecule has 1 aromatic rings. The average molecular weight is 182 g/mol. The fourth-order valence-corrected chi connectivity index (χ4v) is 0.666. The van der Waals surface area contributed by atoms with Gasteiger partial charge in [-0.25, -0.2) is 0 Å². The van der Waals surface area contributed by atoms with E-state index in [1.807, 2.05) is 6.92 Å². The first kappa shape index (κ1) is 11.1. The summed E-state index contributed by atoms with van der Waals surface area (Å²) in [4.78, 5) is 18.3. The molecule has 1 rings (SSSR count). The summed E-state index contributed by atoms with van der Waals surface area (Å²) in [5.41, 5.74) is 5.34. The molecule has 0 atom stereocenters. The number of nitro groups is 1. The largest absolute Gasteiger partial charge is 0.372 e. The second-order valence-corrected chi connectivity index (χ2v) is 2.23. The summed E-state index contributed by atoms with van der Waals surface area (Å²) < 4.78 is 0. The van der Waals surface area contributed by atoms with Crippen molar-refractivity contribution in [3.63, 3.8) is 0 Å². The molecular weight excluding hydrogens is 172 g/mol. The maximum absolute atomic E-state index is 10.1. The number of carbonyl (C=O) groups excluding carboxylic acids is 1. The smallest absolute Gasteiger partial charge is 0.269 e. The normalized spacial score (nSPS) is 8.08. The fourth-order valence-electron chi connectivity index (χ4n) is 0.666. The summed E-state index contributed by atoms with van der Waals surface area (Å²) in [6, 6.07) is 6.43. The zero-order chi connectivity index (χ0) is 10.3. The molecule has 13 heavy (non-hydrogen) atoms. The lowest BCUT2D eigenvalue weighted by molar-refractivity contribution is -0.384. The first-order valence-electron chi connectivity index (χ1n) is 3.48. The van der Waals surface area contributed by atoms with Crippen LogP contribution in [0.3, 0.4) is 0 Å². The van der Waals surface area contributed by atoms with E-state index < -0.39 is 4.92 Å². The molecule has 2 N–H and O–H groups in total. The van der Waals surface area contributed by atoms with Gasteiger partial charge in [0.15, 0.2) is 0 Å². The number of aryl methyl sites for hydroxylation is 1. The fraction of sp³-hybridized carbons (Fsp3) is 0.125. The van der Waals surface area contributed by atoms with E-state index in [-0.39, 0.29) is 12.1 Å². The van der Waals surface area contributed by atoms with Crippen LogP contribution in [0.5, 0.6) is 0 Å². The van der Waals surface area contributed by atoms with Gasteiger partial charge in [-0.2, -0.15) is 0 Å². The van der Waals surface area contributed by atoms with Crippen molar-refractivity contribution in [2.45, 2.75) is 6.92 Å². The molecule has 0 aromatic heterocycles. The number of nitrogens with zero attached hydrogens (tertiary/aromatic N) is 1. The molecule has 1 aromatic carbocycles. The lowest BCUT2D eigenvalue weighted by Crippen LogP contribution is -1.86. The van der Waals surface area contributed by atoms with Gasteiger partial charge in [0, 0.05) is 12.1 Å². The highest BCUT2D eigenvalue weighted by atomic mass is 16.6. The van der Waals surface area contributed by atoms with Crippen LogP contribution in [0.1, 0.15) is 5.56 Å². The minimum atomic E-state index is -0.403. The zero-order valence-electron chi connectivity index (χ0n) is 7.14. The molecule has 0 bridgehead atoms. The van der Waals surface area contributed by atoms with Crippen molar-refractivity contribution < 1.29 is 9.72 Å². The average Bonchev–Trinajstić information content (AvgIpc) is 2.06. The van der Waals surface area contributed by atoms with Gasteiger partial charge in [0.1, 0.15) is 0 Å². The van der Waals surface area contributed by atoms with Crippen molar-refractivity contribution in [2.75, 3.05) is 0 Å². The molecule has 0 saturated carbocycles. The Morgan fingerprint density at radius 2 is 1.77 bits per heavy atom. The van der Waals surface area contributed by atoms with Gasteiger partial charge < -0.3 is 5.73 Å². The van der Waals surface area contributed by atoms with E-state index in [4.69, 9.17) is 4.79 Å². The number of amides is 1. The monoisotopic (exact) mass is 182 g/mol. The van der Waals surface area contributed by atoms with E-state index >= 15 is 0 Å². The van der Waals surface area contributed by atoms with Crippen molar-refractivity contribution in [3.8, 4) is 0 Å². The highest BCUT2D eigenvalue weighted by molar-refractivity contribution is 5.42. The number of nitro benzene ring substituents is 1. The van der Waals surface area contributed by atoms with Crippen LogP contribution in [0.15, 0.2) is 24.3 Å². The van der Waals surface area contributed by atoms with Gasteiger partial charge >= 0.3 is 0 Å². The highest BCUT2D eigenvalue weighted by Crippen LogP contribution is 2.10. The number of primary amides is 1. The second kappa shape index (κ2) is 5.70. The van der Waals surface area contributed by atoms with Crippen molar-refractivity contribution in [3.05, 3.63) is 39.9 Å². The van der Waals surface area contributed by atoms with Crippen LogP contribution < -0.4 is 5.73 Å². The van der Waals surface area contributed by atoms with Crippen LogP contribution >= 0.6 is 0 Å². The number of hydrogen-bond donors (Lipinski definition) is 1. The van der Waals surface area contributed by atoms with Crippen LogP contribution in [0.2, 0.25) is 0 Å². The quantitative estimate of drug-likeness (QED) is 0.399. The van der Waals surface area contributed by atoms with E-state index in [9.17, 15) is 10.1 Å². The summed E-state index contributed by atoms with van der Waals surface area (Å²) >= 11 is 0. The highest BCUT2D eigenvalue weighted by Gasteiger charge is 2.00. The maximum atomic E-state index is 10.1. The van der Waals surface area contributed by atoms with Crippen LogP contribution in [0, 0.1) is 17.0 Å². The standard InChI is InChI=1S/C7H7NO2.CH3NO/c1-6-2-4-7(5-3-6)8(9)10;2-1-3/h2-5H,1H3;1H,(H2,2,3). The van der Waals surface area contributed by atoms with Gasteiger partial charge in [0.25, 0.3) is 5.69 Å². The minimum Gasteiger partial charge on any atom is -0.372 e. The molecule has 5 heteroatoms. The molecule has 0 aliphatic rings. The molecule has 0 fully saturated rings. The Bertz CT molecular complexity index is 282. The summed E-state index contributed by atoms with van der Waals surface area (Å²) in [5.74, 6) is 0. The van der Waals surface area contributed by atoms with E-state index in [0.29, 0.717) is 0 Å². The molecule has 70 valence electrons. The third kappa shape index (κ3) is 4.52. The minimum absolute atomic E-state index is 0.144. The molecule has 5 nitrogen and oxygen atoms in total. The molecule has 0 radical (unpaired) electrons. The molecule has 0 heterocycles.